The van der Waals surface area contributed by atoms with Crippen molar-refractivity contribution in [1.29, 1.82) is 0 Å². The molecule has 4 N–H and O–H groups in total. The van der Waals surface area contributed by atoms with Gasteiger partial charge in [0, 0.05) is 30.4 Å². The van der Waals surface area contributed by atoms with Crippen LogP contribution >= 0.6 is 11.8 Å². The summed E-state index contributed by atoms with van der Waals surface area (Å²) in [5, 5.41) is 5.10. The van der Waals surface area contributed by atoms with Crippen molar-refractivity contribution in [3.63, 3.8) is 0 Å². The number of carbonyl (C=O) groups is 3. The molecule has 0 fully saturated rings. The van der Waals surface area contributed by atoms with Crippen LogP contribution in [0.2, 0.25) is 0 Å². The number of rotatable bonds is 5. The Morgan fingerprint density at radius 3 is 2.55 bits per heavy atom. The number of amides is 2. The average molecular weight is 417 g/mol. The highest BCUT2D eigenvalue weighted by Gasteiger charge is 2.35. The van der Waals surface area contributed by atoms with Gasteiger partial charge in [-0.15, -0.1) is 0 Å². The average Bonchev–Trinajstić information content (AvgIpc) is 3.04. The van der Waals surface area contributed by atoms with Crippen molar-refractivity contribution in [2.45, 2.75) is 18.3 Å². The smallest absolute Gasteiger partial charge is 0.308 e. The molecule has 2 aromatic rings. The number of aromatic nitrogens is 1. The fourth-order valence-electron chi connectivity index (χ4n) is 2.45. The second-order valence-corrected chi connectivity index (χ2v) is 7.03. The highest BCUT2D eigenvalue weighted by molar-refractivity contribution is 8.15. The standard InChI is InChI=1S/C18H16FN5O4S/c1-9(25)28-12-4-2-10(3-5-12)16(27)24-17-14(15(20)26)23-18(29-17)22-11-6-7-21-13(19)8-11/h2-8,14,17H,1H3,(H2,20,26)(H,24,27)(H,21,22,23). The lowest BCUT2D eigenvalue weighted by Crippen LogP contribution is -2.44. The summed E-state index contributed by atoms with van der Waals surface area (Å²) >= 11 is 1.08. The predicted molar refractivity (Wildman–Crippen MR) is 105 cm³/mol. The summed E-state index contributed by atoms with van der Waals surface area (Å²) in [4.78, 5) is 42.8. The minimum Gasteiger partial charge on any atom is -0.427 e. The predicted octanol–water partition coefficient (Wildman–Crippen LogP) is 1.27. The second-order valence-electron chi connectivity index (χ2n) is 5.90. The number of thioether (sulfide) groups is 1. The van der Waals surface area contributed by atoms with Crippen LogP contribution in [0.4, 0.5) is 10.1 Å². The van der Waals surface area contributed by atoms with Gasteiger partial charge in [-0.05, 0) is 30.3 Å². The number of aliphatic imine (C=N–C) groups is 1. The Bertz CT molecular complexity index is 982. The largest absolute Gasteiger partial charge is 0.427 e. The molecule has 1 aliphatic rings. The first-order valence-electron chi connectivity index (χ1n) is 8.33. The van der Waals surface area contributed by atoms with Crippen LogP contribution in [-0.4, -0.2) is 39.4 Å². The molecule has 2 unspecified atom stereocenters. The Labute approximate surface area is 168 Å². The molecule has 11 heteroatoms. The van der Waals surface area contributed by atoms with E-state index >= 15 is 0 Å². The molecule has 0 bridgehead atoms. The molecule has 1 aliphatic heterocycles. The molecule has 2 heterocycles. The maximum Gasteiger partial charge on any atom is 0.308 e. The summed E-state index contributed by atoms with van der Waals surface area (Å²) in [5.74, 6) is -2.02. The number of carbonyl (C=O) groups excluding carboxylic acids is 3. The van der Waals surface area contributed by atoms with Crippen molar-refractivity contribution in [3.05, 3.63) is 54.1 Å². The Balaban J connectivity index is 1.67. The van der Waals surface area contributed by atoms with E-state index in [1.165, 1.54) is 49.5 Å². The van der Waals surface area contributed by atoms with Crippen LogP contribution in [0.1, 0.15) is 17.3 Å². The molecule has 3 rings (SSSR count). The number of pyridine rings is 1. The van der Waals surface area contributed by atoms with E-state index in [1.54, 1.807) is 0 Å². The third-order valence-corrected chi connectivity index (χ3v) is 4.76. The highest BCUT2D eigenvalue weighted by atomic mass is 32.2. The van der Waals surface area contributed by atoms with Gasteiger partial charge >= 0.3 is 5.97 Å². The van der Waals surface area contributed by atoms with Gasteiger partial charge in [0.05, 0.1) is 0 Å². The summed E-state index contributed by atoms with van der Waals surface area (Å²) in [5.41, 5.74) is 6.07. The summed E-state index contributed by atoms with van der Waals surface area (Å²) < 4.78 is 18.1. The van der Waals surface area contributed by atoms with Crippen molar-refractivity contribution in [2.75, 3.05) is 5.32 Å². The van der Waals surface area contributed by atoms with E-state index in [4.69, 9.17) is 10.5 Å². The number of benzene rings is 1. The first kappa shape index (κ1) is 20.3. The molecule has 0 saturated carbocycles. The van der Waals surface area contributed by atoms with E-state index in [9.17, 15) is 18.8 Å². The van der Waals surface area contributed by atoms with Gasteiger partial charge in [-0.1, -0.05) is 11.8 Å². The Kier molecular flexibility index (Phi) is 6.07. The number of ether oxygens (including phenoxy) is 1. The molecule has 150 valence electrons. The van der Waals surface area contributed by atoms with Crippen molar-refractivity contribution in [1.82, 2.24) is 10.3 Å². The van der Waals surface area contributed by atoms with Crippen molar-refractivity contribution in [3.8, 4) is 5.75 Å². The third kappa shape index (κ3) is 5.29. The van der Waals surface area contributed by atoms with Crippen LogP contribution in [0.25, 0.3) is 0 Å². The lowest BCUT2D eigenvalue weighted by atomic mass is 10.2. The molecule has 0 saturated heterocycles. The molecule has 1 aromatic carbocycles. The van der Waals surface area contributed by atoms with E-state index in [0.29, 0.717) is 22.2 Å². The minimum atomic E-state index is -1.00. The van der Waals surface area contributed by atoms with Gasteiger partial charge < -0.3 is 21.1 Å². The third-order valence-electron chi connectivity index (χ3n) is 3.70. The number of amidine groups is 1. The van der Waals surface area contributed by atoms with Gasteiger partial charge in [-0.3, -0.25) is 14.4 Å². The zero-order valence-corrected chi connectivity index (χ0v) is 15.9. The van der Waals surface area contributed by atoms with Gasteiger partial charge in [-0.2, -0.15) is 4.39 Å². The second kappa shape index (κ2) is 8.69. The van der Waals surface area contributed by atoms with Gasteiger partial charge in [0.15, 0.2) is 11.2 Å². The Morgan fingerprint density at radius 2 is 1.93 bits per heavy atom. The number of primary amides is 1. The van der Waals surface area contributed by atoms with Crippen LogP contribution in [0.3, 0.4) is 0 Å². The lowest BCUT2D eigenvalue weighted by molar-refractivity contribution is -0.131. The van der Waals surface area contributed by atoms with Gasteiger partial charge in [0.2, 0.25) is 11.9 Å². The first-order valence-corrected chi connectivity index (χ1v) is 9.21. The molecule has 1 aromatic heterocycles. The number of hydrogen-bond donors (Lipinski definition) is 3. The number of esters is 1. The van der Waals surface area contributed by atoms with E-state index in [0.717, 1.165) is 11.8 Å². The van der Waals surface area contributed by atoms with Crippen LogP contribution in [0.15, 0.2) is 47.6 Å². The van der Waals surface area contributed by atoms with E-state index in [2.05, 4.69) is 20.6 Å². The maximum atomic E-state index is 13.2. The van der Waals surface area contributed by atoms with Crippen molar-refractivity contribution < 1.29 is 23.5 Å². The normalized spacial score (nSPS) is 17.9. The van der Waals surface area contributed by atoms with E-state index in [-0.39, 0.29) is 0 Å². The summed E-state index contributed by atoms with van der Waals surface area (Å²) in [6.45, 7) is 1.27. The fraction of sp³-hybridized carbons (Fsp3) is 0.167. The number of nitrogens with one attached hydrogen (secondary N) is 2. The number of nitrogens with zero attached hydrogens (tertiary/aromatic N) is 2. The van der Waals surface area contributed by atoms with E-state index < -0.39 is 35.1 Å². The molecule has 0 aliphatic carbocycles. The molecular formula is C18H16FN5O4S. The van der Waals surface area contributed by atoms with Crippen LogP contribution in [-0.2, 0) is 9.59 Å². The molecule has 9 nitrogen and oxygen atoms in total. The van der Waals surface area contributed by atoms with Gasteiger partial charge in [0.1, 0.15) is 11.1 Å². The van der Waals surface area contributed by atoms with Crippen molar-refractivity contribution in [2.24, 2.45) is 10.7 Å². The molecule has 2 amide bonds. The number of hydrogen-bond acceptors (Lipinski definition) is 8. The van der Waals surface area contributed by atoms with Crippen LogP contribution in [0, 0.1) is 5.95 Å². The first-order chi connectivity index (χ1) is 13.8. The van der Waals surface area contributed by atoms with Crippen LogP contribution in [0.5, 0.6) is 5.75 Å². The monoisotopic (exact) mass is 417 g/mol. The van der Waals surface area contributed by atoms with Crippen LogP contribution < -0.4 is 21.1 Å². The Morgan fingerprint density at radius 1 is 1.21 bits per heavy atom. The zero-order chi connectivity index (χ0) is 21.0. The molecular weight excluding hydrogens is 401 g/mol. The maximum absolute atomic E-state index is 13.2. The quantitative estimate of drug-likeness (QED) is 0.379. The summed E-state index contributed by atoms with van der Waals surface area (Å²) in [7, 11) is 0. The lowest BCUT2D eigenvalue weighted by Gasteiger charge is -2.16. The number of halogens is 1. The topological polar surface area (TPSA) is 136 Å². The number of anilines is 1. The van der Waals surface area contributed by atoms with E-state index in [1.807, 2.05) is 0 Å². The molecule has 29 heavy (non-hydrogen) atoms. The fourth-order valence-corrected chi connectivity index (χ4v) is 3.53. The Hall–Kier alpha value is -3.47. The van der Waals surface area contributed by atoms with Gasteiger partial charge in [0.25, 0.3) is 5.91 Å². The number of nitrogens with two attached hydrogens (primary N) is 1. The van der Waals surface area contributed by atoms with Crippen molar-refractivity contribution >= 4 is 40.4 Å². The minimum absolute atomic E-state index is 0.294. The SMILES string of the molecule is CC(=O)Oc1ccc(C(=O)NC2SC(Nc3ccnc(F)c3)=NC2C(N)=O)cc1. The summed E-state index contributed by atoms with van der Waals surface area (Å²) in [6, 6.07) is 7.61. The highest BCUT2D eigenvalue weighted by Crippen LogP contribution is 2.27. The molecule has 0 spiro atoms. The zero-order valence-electron chi connectivity index (χ0n) is 15.1. The van der Waals surface area contributed by atoms with Gasteiger partial charge in [-0.25, -0.2) is 9.98 Å². The summed E-state index contributed by atoms with van der Waals surface area (Å²) in [6.07, 6.45) is 1.28. The molecule has 0 radical (unpaired) electrons. The molecule has 2 atom stereocenters.